The lowest BCUT2D eigenvalue weighted by atomic mass is 10.2. The summed E-state index contributed by atoms with van der Waals surface area (Å²) in [5, 5.41) is 0. The Morgan fingerprint density at radius 1 is 0.960 bits per heavy atom. The van der Waals surface area contributed by atoms with Crippen LogP contribution in [0, 0.1) is 19.8 Å². The summed E-state index contributed by atoms with van der Waals surface area (Å²) in [6.07, 6.45) is 0.614. The van der Waals surface area contributed by atoms with E-state index >= 15 is 0 Å². The van der Waals surface area contributed by atoms with Crippen LogP contribution in [-0.4, -0.2) is 57.4 Å². The summed E-state index contributed by atoms with van der Waals surface area (Å²) in [6.45, 7) is 8.42. The Morgan fingerprint density at radius 2 is 1.52 bits per heavy atom. The van der Waals surface area contributed by atoms with Crippen molar-refractivity contribution in [1.82, 2.24) is 8.61 Å². The summed E-state index contributed by atoms with van der Waals surface area (Å²) in [7, 11) is -6.91. The van der Waals surface area contributed by atoms with Crippen LogP contribution in [0.1, 0.15) is 31.4 Å². The zero-order valence-electron chi connectivity index (χ0n) is 15.4. The van der Waals surface area contributed by atoms with Crippen molar-refractivity contribution in [3.8, 4) is 0 Å². The third-order valence-corrected chi connectivity index (χ3v) is 8.45. The fraction of sp³-hybridized carbons (Fsp3) is 0.647. The second kappa shape index (κ2) is 7.73. The summed E-state index contributed by atoms with van der Waals surface area (Å²) in [5.41, 5.74) is 1.59. The van der Waals surface area contributed by atoms with Gasteiger partial charge in [0.05, 0.1) is 10.6 Å². The number of sulfonamides is 2. The molecule has 0 atom stereocenters. The highest BCUT2D eigenvalue weighted by atomic mass is 32.2. The maximum atomic E-state index is 12.9. The van der Waals surface area contributed by atoms with Crippen molar-refractivity contribution in [3.63, 3.8) is 0 Å². The van der Waals surface area contributed by atoms with Crippen LogP contribution in [0.3, 0.4) is 0 Å². The van der Waals surface area contributed by atoms with Gasteiger partial charge in [0.25, 0.3) is 0 Å². The van der Waals surface area contributed by atoms with Gasteiger partial charge in [0.2, 0.25) is 20.0 Å². The van der Waals surface area contributed by atoms with Crippen LogP contribution in [-0.2, 0) is 20.0 Å². The van der Waals surface area contributed by atoms with Crippen molar-refractivity contribution >= 4 is 20.0 Å². The minimum atomic E-state index is -3.60. The Morgan fingerprint density at radius 3 is 2.08 bits per heavy atom. The third-order valence-electron chi connectivity index (χ3n) is 4.51. The molecule has 1 aromatic rings. The fourth-order valence-corrected chi connectivity index (χ4v) is 6.31. The van der Waals surface area contributed by atoms with Gasteiger partial charge < -0.3 is 0 Å². The second-order valence-electron chi connectivity index (χ2n) is 7.07. The Hall–Kier alpha value is -0.960. The average molecular weight is 389 g/mol. The van der Waals surface area contributed by atoms with E-state index < -0.39 is 20.0 Å². The molecule has 0 aromatic heterocycles. The molecule has 1 saturated heterocycles. The molecule has 0 spiro atoms. The van der Waals surface area contributed by atoms with E-state index in [-0.39, 0.29) is 31.9 Å². The molecule has 1 aliphatic rings. The highest BCUT2D eigenvalue weighted by Gasteiger charge is 2.33. The molecular formula is C17H28N2O4S2. The molecular weight excluding hydrogens is 360 g/mol. The minimum absolute atomic E-state index is 0.119. The summed E-state index contributed by atoms with van der Waals surface area (Å²) in [4.78, 5) is 0.309. The fourth-order valence-electron chi connectivity index (χ4n) is 2.83. The SMILES string of the molecule is Cc1ccc(C)c(S(=O)(=O)N2CCN(S(=O)(=O)CCC(C)C)CC2)c1. The zero-order valence-corrected chi connectivity index (χ0v) is 17.0. The Balaban J connectivity index is 2.10. The molecule has 25 heavy (non-hydrogen) atoms. The number of rotatable bonds is 6. The largest absolute Gasteiger partial charge is 0.243 e. The molecule has 0 aliphatic carbocycles. The van der Waals surface area contributed by atoms with Gasteiger partial charge >= 0.3 is 0 Å². The number of piperazine rings is 1. The van der Waals surface area contributed by atoms with E-state index in [1.807, 2.05) is 26.8 Å². The van der Waals surface area contributed by atoms with E-state index in [2.05, 4.69) is 0 Å². The Kier molecular flexibility index (Phi) is 6.30. The van der Waals surface area contributed by atoms with Crippen molar-refractivity contribution in [2.24, 2.45) is 5.92 Å². The van der Waals surface area contributed by atoms with Crippen molar-refractivity contribution in [2.75, 3.05) is 31.9 Å². The van der Waals surface area contributed by atoms with Crippen molar-refractivity contribution in [2.45, 2.75) is 39.0 Å². The molecule has 8 heteroatoms. The van der Waals surface area contributed by atoms with Crippen LogP contribution in [0.4, 0.5) is 0 Å². The van der Waals surface area contributed by atoms with E-state index in [1.54, 1.807) is 19.1 Å². The van der Waals surface area contributed by atoms with Gasteiger partial charge in [-0.3, -0.25) is 0 Å². The van der Waals surface area contributed by atoms with Crippen LogP contribution < -0.4 is 0 Å². The first-order valence-electron chi connectivity index (χ1n) is 8.59. The predicted octanol–water partition coefficient (Wildman–Crippen LogP) is 1.99. The van der Waals surface area contributed by atoms with Gasteiger partial charge in [-0.25, -0.2) is 16.8 Å². The van der Waals surface area contributed by atoms with E-state index in [1.165, 1.54) is 8.61 Å². The first kappa shape index (κ1) is 20.4. The number of benzene rings is 1. The topological polar surface area (TPSA) is 74.8 Å². The van der Waals surface area contributed by atoms with Crippen LogP contribution >= 0.6 is 0 Å². The van der Waals surface area contributed by atoms with Crippen LogP contribution in [0.15, 0.2) is 23.1 Å². The molecule has 1 heterocycles. The van der Waals surface area contributed by atoms with E-state index in [9.17, 15) is 16.8 Å². The quantitative estimate of drug-likeness (QED) is 0.747. The standard InChI is InChI=1S/C17H28N2O4S2/c1-14(2)7-12-24(20,21)18-8-10-19(11-9-18)25(22,23)17-13-15(3)5-6-16(17)4/h5-6,13-14H,7-12H2,1-4H3. The highest BCUT2D eigenvalue weighted by molar-refractivity contribution is 7.89. The summed E-state index contributed by atoms with van der Waals surface area (Å²) < 4.78 is 53.3. The van der Waals surface area contributed by atoms with Crippen molar-refractivity contribution in [3.05, 3.63) is 29.3 Å². The molecule has 0 unspecified atom stereocenters. The molecule has 6 nitrogen and oxygen atoms in total. The average Bonchev–Trinajstić information content (AvgIpc) is 2.55. The lowest BCUT2D eigenvalue weighted by Crippen LogP contribution is -2.51. The summed E-state index contributed by atoms with van der Waals surface area (Å²) in [5.74, 6) is 0.440. The first-order chi connectivity index (χ1) is 11.5. The smallest absolute Gasteiger partial charge is 0.212 e. The lowest BCUT2D eigenvalue weighted by molar-refractivity contribution is 0.272. The Labute approximate surface area is 151 Å². The van der Waals surface area contributed by atoms with Gasteiger partial charge in [0.15, 0.2) is 0 Å². The molecule has 1 fully saturated rings. The zero-order chi connectivity index (χ0) is 18.8. The summed E-state index contributed by atoms with van der Waals surface area (Å²) in [6, 6.07) is 5.36. The van der Waals surface area contributed by atoms with Gasteiger partial charge in [-0.15, -0.1) is 0 Å². The molecule has 0 N–H and O–H groups in total. The first-order valence-corrected chi connectivity index (χ1v) is 11.6. The molecule has 0 saturated carbocycles. The molecule has 1 aliphatic heterocycles. The van der Waals surface area contributed by atoms with Gasteiger partial charge in [0, 0.05) is 26.2 Å². The highest BCUT2D eigenvalue weighted by Crippen LogP contribution is 2.23. The molecule has 2 rings (SSSR count). The number of aryl methyl sites for hydroxylation is 2. The maximum Gasteiger partial charge on any atom is 0.243 e. The normalized spacial score (nSPS) is 18.0. The van der Waals surface area contributed by atoms with Crippen molar-refractivity contribution < 1.29 is 16.8 Å². The molecule has 0 bridgehead atoms. The van der Waals surface area contributed by atoms with Gasteiger partial charge in [-0.2, -0.15) is 8.61 Å². The molecule has 142 valence electrons. The Bertz CT molecular complexity index is 809. The van der Waals surface area contributed by atoms with Gasteiger partial charge in [-0.1, -0.05) is 26.0 Å². The van der Waals surface area contributed by atoms with Gasteiger partial charge in [-0.05, 0) is 43.4 Å². The monoisotopic (exact) mass is 388 g/mol. The molecule has 1 aromatic carbocycles. The second-order valence-corrected chi connectivity index (χ2v) is 11.1. The number of hydrogen-bond donors (Lipinski definition) is 0. The predicted molar refractivity (Wildman–Crippen MR) is 99.5 cm³/mol. The van der Waals surface area contributed by atoms with E-state index in [4.69, 9.17) is 0 Å². The lowest BCUT2D eigenvalue weighted by Gasteiger charge is -2.33. The van der Waals surface area contributed by atoms with E-state index in [0.29, 0.717) is 22.8 Å². The number of hydrogen-bond acceptors (Lipinski definition) is 4. The van der Waals surface area contributed by atoms with Crippen LogP contribution in [0.2, 0.25) is 0 Å². The summed E-state index contributed by atoms with van der Waals surface area (Å²) >= 11 is 0. The minimum Gasteiger partial charge on any atom is -0.212 e. The maximum absolute atomic E-state index is 12.9. The van der Waals surface area contributed by atoms with Crippen LogP contribution in [0.25, 0.3) is 0 Å². The number of nitrogens with zero attached hydrogens (tertiary/aromatic N) is 2. The third kappa shape index (κ3) is 4.81. The van der Waals surface area contributed by atoms with Crippen molar-refractivity contribution in [1.29, 1.82) is 0 Å². The van der Waals surface area contributed by atoms with E-state index in [0.717, 1.165) is 5.56 Å². The molecule has 0 radical (unpaired) electrons. The van der Waals surface area contributed by atoms with Gasteiger partial charge in [0.1, 0.15) is 0 Å². The van der Waals surface area contributed by atoms with Crippen LogP contribution in [0.5, 0.6) is 0 Å². The molecule has 0 amide bonds.